The highest BCUT2D eigenvalue weighted by Crippen LogP contribution is 2.49. The summed E-state index contributed by atoms with van der Waals surface area (Å²) in [5.41, 5.74) is 5.80. The van der Waals surface area contributed by atoms with Crippen molar-refractivity contribution in [3.63, 3.8) is 0 Å². The van der Waals surface area contributed by atoms with Crippen LogP contribution < -0.4 is 21.7 Å². The molecule has 0 fully saturated rings. The lowest BCUT2D eigenvalue weighted by Crippen LogP contribution is -2.22. The molecule has 266 valence electrons. The fourth-order valence-corrected chi connectivity index (χ4v) is 7.37. The van der Waals surface area contributed by atoms with Crippen molar-refractivity contribution in [2.75, 3.05) is 21.7 Å². The zero-order chi connectivity index (χ0) is 37.0. The normalized spacial score (nSPS) is 15.8. The van der Waals surface area contributed by atoms with Gasteiger partial charge in [0, 0.05) is 28.2 Å². The Morgan fingerprint density at radius 3 is 1.73 bits per heavy atom. The molecule has 0 saturated carbocycles. The Bertz CT molecular complexity index is 2550. The number of aryl methyl sites for hydroxylation is 1. The van der Waals surface area contributed by atoms with Crippen molar-refractivity contribution < 1.29 is 49.1 Å². The van der Waals surface area contributed by atoms with Gasteiger partial charge in [0.15, 0.2) is 0 Å². The van der Waals surface area contributed by atoms with Crippen LogP contribution >= 0.6 is 0 Å². The molecule has 0 aliphatic heterocycles. The molecule has 6 rings (SSSR count). The molecule has 1 heterocycles. The van der Waals surface area contributed by atoms with Gasteiger partial charge < -0.3 is 31.9 Å². The number of fused-ring (bicyclic) bond motifs is 2. The van der Waals surface area contributed by atoms with E-state index in [1.54, 1.807) is 18.2 Å². The van der Waals surface area contributed by atoms with Crippen molar-refractivity contribution in [3.8, 4) is 0 Å². The van der Waals surface area contributed by atoms with Crippen molar-refractivity contribution in [3.05, 3.63) is 101 Å². The first-order chi connectivity index (χ1) is 23.8. The fourth-order valence-electron chi connectivity index (χ4n) is 5.56. The quantitative estimate of drug-likeness (QED) is 0.0770. The second-order valence-corrected chi connectivity index (χ2v) is 15.4. The lowest BCUT2D eigenvalue weighted by atomic mass is 9.80. The summed E-state index contributed by atoms with van der Waals surface area (Å²) in [6.07, 6.45) is -2.96. The molecule has 0 radical (unpaired) electrons. The smallest absolute Gasteiger partial charge is 0.296 e. The van der Waals surface area contributed by atoms with Gasteiger partial charge in [0.2, 0.25) is 11.9 Å². The Morgan fingerprint density at radius 2 is 1.16 bits per heavy atom. The minimum Gasteiger partial charge on any atom is -0.397 e. The predicted octanol–water partition coefficient (Wildman–Crippen LogP) is 3.21. The molecule has 1 aliphatic rings. The molecule has 0 bridgehead atoms. The summed E-state index contributed by atoms with van der Waals surface area (Å²) in [7, 11) is -14.4. The van der Waals surface area contributed by atoms with E-state index in [1.165, 1.54) is 37.3 Å². The molecule has 18 nitrogen and oxygen atoms in total. The zero-order valence-corrected chi connectivity index (χ0v) is 28.4. The van der Waals surface area contributed by atoms with Crippen LogP contribution in [-0.4, -0.2) is 64.1 Å². The number of nitrogen functional groups attached to an aromatic ring is 1. The van der Waals surface area contributed by atoms with Crippen molar-refractivity contribution >= 4 is 70.7 Å². The standard InChI is InChI=1S/C30H27N7O11S3/c1-14-32-29(35-15-6-9-17(10-7-15)49(40,41)42)37-30(33-14)36-20-11-8-16(12-22(20)50(43,44)45)34-21-13-23(51(46,47)48)26(31)25-24(21)27(38)18-4-2-3-5-19(18)28(25)39/h2-13,27-28,34,38-39H,31H2,1H3,(H,40,41,42)(H,43,44,45)(H,46,47,48)(H2,32,33,35,36,37). The maximum absolute atomic E-state index is 12.6. The number of hydrogen-bond donors (Lipinski definition) is 9. The summed E-state index contributed by atoms with van der Waals surface area (Å²) < 4.78 is 102. The third-order valence-electron chi connectivity index (χ3n) is 7.76. The Balaban J connectivity index is 1.37. The number of hydrogen-bond acceptors (Lipinski definition) is 15. The number of nitrogens with one attached hydrogen (secondary N) is 3. The molecule has 21 heteroatoms. The van der Waals surface area contributed by atoms with Gasteiger partial charge in [-0.25, -0.2) is 0 Å². The van der Waals surface area contributed by atoms with E-state index in [-0.39, 0.29) is 61.9 Å². The van der Waals surface area contributed by atoms with E-state index < -0.39 is 58.0 Å². The predicted molar refractivity (Wildman–Crippen MR) is 182 cm³/mol. The van der Waals surface area contributed by atoms with Crippen LogP contribution in [0.25, 0.3) is 0 Å². The maximum atomic E-state index is 12.6. The van der Waals surface area contributed by atoms with E-state index in [4.69, 9.17) is 5.73 Å². The molecule has 4 aromatic carbocycles. The minimum absolute atomic E-state index is 0.0404. The van der Waals surface area contributed by atoms with Gasteiger partial charge in [-0.15, -0.1) is 0 Å². The largest absolute Gasteiger partial charge is 0.397 e. The number of aliphatic hydroxyl groups is 2. The number of anilines is 7. The summed E-state index contributed by atoms with van der Waals surface area (Å²) in [5, 5.41) is 30.9. The zero-order valence-electron chi connectivity index (χ0n) is 25.9. The van der Waals surface area contributed by atoms with Gasteiger partial charge in [-0.3, -0.25) is 13.7 Å². The highest BCUT2D eigenvalue weighted by atomic mass is 32.2. The van der Waals surface area contributed by atoms with Gasteiger partial charge >= 0.3 is 0 Å². The second-order valence-electron chi connectivity index (χ2n) is 11.2. The van der Waals surface area contributed by atoms with Crippen molar-refractivity contribution in [1.29, 1.82) is 0 Å². The van der Waals surface area contributed by atoms with Crippen LogP contribution in [0.5, 0.6) is 0 Å². The molecule has 0 amide bonds. The van der Waals surface area contributed by atoms with Crippen molar-refractivity contribution in [2.24, 2.45) is 0 Å². The number of nitrogens with two attached hydrogens (primary N) is 1. The van der Waals surface area contributed by atoms with E-state index in [2.05, 4.69) is 30.9 Å². The topological polar surface area (TPSA) is 304 Å². The molecular formula is C30H27N7O11S3. The number of nitrogens with zero attached hydrogens (tertiary/aromatic N) is 3. The van der Waals surface area contributed by atoms with E-state index in [9.17, 15) is 49.1 Å². The SMILES string of the molecule is Cc1nc(Nc2ccc(S(=O)(=O)O)cc2)nc(Nc2ccc(Nc3cc(S(=O)(=O)O)c(N)c4c3C(O)c3ccccc3C4O)cc2S(=O)(=O)O)n1. The number of aliphatic hydroxyl groups excluding tert-OH is 2. The van der Waals surface area contributed by atoms with Crippen LogP contribution in [0.4, 0.5) is 40.3 Å². The summed E-state index contributed by atoms with van der Waals surface area (Å²) >= 11 is 0. The first-order valence-corrected chi connectivity index (χ1v) is 18.7. The number of aromatic nitrogens is 3. The monoisotopic (exact) mass is 757 g/mol. The van der Waals surface area contributed by atoms with Crippen LogP contribution in [0.2, 0.25) is 0 Å². The molecule has 0 spiro atoms. The first kappa shape index (κ1) is 35.6. The lowest BCUT2D eigenvalue weighted by molar-refractivity contribution is 0.174. The Kier molecular flexibility index (Phi) is 8.93. The lowest BCUT2D eigenvalue weighted by Gasteiger charge is -2.32. The molecule has 1 aromatic heterocycles. The van der Waals surface area contributed by atoms with Crippen molar-refractivity contribution in [2.45, 2.75) is 33.8 Å². The molecule has 2 unspecified atom stereocenters. The Labute approximate surface area is 290 Å². The fraction of sp³-hybridized carbons (Fsp3) is 0.100. The van der Waals surface area contributed by atoms with E-state index >= 15 is 0 Å². The third-order valence-corrected chi connectivity index (χ3v) is 10.4. The van der Waals surface area contributed by atoms with Crippen LogP contribution in [0.15, 0.2) is 87.5 Å². The Hall–Kier alpha value is -5.26. The van der Waals surface area contributed by atoms with E-state index in [0.717, 1.165) is 24.3 Å². The molecule has 5 aromatic rings. The Morgan fingerprint density at radius 1 is 0.608 bits per heavy atom. The average Bonchev–Trinajstić information content (AvgIpc) is 3.03. The number of rotatable bonds is 9. The third kappa shape index (κ3) is 7.17. The van der Waals surface area contributed by atoms with Crippen LogP contribution in [0, 0.1) is 6.92 Å². The van der Waals surface area contributed by atoms with Gasteiger partial charge in [0.05, 0.1) is 16.3 Å². The van der Waals surface area contributed by atoms with Gasteiger partial charge in [0.25, 0.3) is 30.4 Å². The second kappa shape index (κ2) is 12.8. The maximum Gasteiger partial charge on any atom is 0.296 e. The summed E-state index contributed by atoms with van der Waals surface area (Å²) in [4.78, 5) is 10.6. The summed E-state index contributed by atoms with van der Waals surface area (Å²) in [6.45, 7) is 1.51. The summed E-state index contributed by atoms with van der Waals surface area (Å²) in [5.74, 6) is -0.0472. The average molecular weight is 758 g/mol. The molecule has 1 aliphatic carbocycles. The first-order valence-electron chi connectivity index (χ1n) is 14.4. The van der Waals surface area contributed by atoms with E-state index in [1.807, 2.05) is 0 Å². The van der Waals surface area contributed by atoms with Crippen molar-refractivity contribution in [1.82, 2.24) is 15.0 Å². The van der Waals surface area contributed by atoms with Crippen LogP contribution in [0.1, 0.15) is 40.3 Å². The van der Waals surface area contributed by atoms with Gasteiger partial charge in [-0.05, 0) is 66.6 Å². The minimum atomic E-state index is -4.97. The summed E-state index contributed by atoms with van der Waals surface area (Å²) in [6, 6.07) is 15.7. The molecule has 2 atom stereocenters. The van der Waals surface area contributed by atoms with Crippen LogP contribution in [0.3, 0.4) is 0 Å². The van der Waals surface area contributed by atoms with Gasteiger partial charge in [-0.2, -0.15) is 40.2 Å². The van der Waals surface area contributed by atoms with Gasteiger partial charge in [0.1, 0.15) is 27.8 Å². The molecular weight excluding hydrogens is 731 g/mol. The van der Waals surface area contributed by atoms with Gasteiger partial charge in [-0.1, -0.05) is 24.3 Å². The molecule has 51 heavy (non-hydrogen) atoms. The molecule has 0 saturated heterocycles. The highest BCUT2D eigenvalue weighted by Gasteiger charge is 2.36. The number of benzene rings is 4. The van der Waals surface area contributed by atoms with E-state index in [0.29, 0.717) is 5.69 Å². The molecule has 10 N–H and O–H groups in total. The highest BCUT2D eigenvalue weighted by molar-refractivity contribution is 7.86. The van der Waals surface area contributed by atoms with Crippen LogP contribution in [-0.2, 0) is 30.4 Å².